The molecule has 0 spiro atoms. The molecule has 0 radical (unpaired) electrons. The number of esters is 2. The summed E-state index contributed by atoms with van der Waals surface area (Å²) in [4.78, 5) is 26.2. The average Bonchev–Trinajstić information content (AvgIpc) is 2.90. The molecule has 23 heavy (non-hydrogen) atoms. The van der Waals surface area contributed by atoms with Crippen molar-refractivity contribution in [3.63, 3.8) is 0 Å². The first-order valence-corrected chi connectivity index (χ1v) is 7.58. The molecule has 2 fully saturated rings. The number of piperidine rings is 1. The lowest BCUT2D eigenvalue weighted by atomic mass is 9.87. The van der Waals surface area contributed by atoms with Gasteiger partial charge in [-0.3, -0.25) is 9.69 Å². The number of rotatable bonds is 3. The Morgan fingerprint density at radius 2 is 2.22 bits per heavy atom. The van der Waals surface area contributed by atoms with Crippen LogP contribution >= 0.6 is 0 Å². The minimum Gasteiger partial charge on any atom is -0.508 e. The van der Waals surface area contributed by atoms with Crippen LogP contribution in [0.4, 0.5) is 0 Å². The van der Waals surface area contributed by atoms with Gasteiger partial charge in [0.05, 0.1) is 12.7 Å². The summed E-state index contributed by atoms with van der Waals surface area (Å²) in [5.74, 6) is -2.18. The molecule has 2 aliphatic rings. The molecule has 0 amide bonds. The van der Waals surface area contributed by atoms with E-state index in [0.29, 0.717) is 12.8 Å². The quantitative estimate of drug-likeness (QED) is 0.852. The Balaban J connectivity index is 1.85. The van der Waals surface area contributed by atoms with E-state index in [1.807, 2.05) is 0 Å². The van der Waals surface area contributed by atoms with Crippen molar-refractivity contribution >= 4 is 11.9 Å². The van der Waals surface area contributed by atoms with Crippen LogP contribution in [0.2, 0.25) is 0 Å². The monoisotopic (exact) mass is 322 g/mol. The lowest BCUT2D eigenvalue weighted by Gasteiger charge is -2.40. The summed E-state index contributed by atoms with van der Waals surface area (Å²) >= 11 is 0. The molecule has 124 valence electrons. The van der Waals surface area contributed by atoms with E-state index in [9.17, 15) is 14.7 Å². The third kappa shape index (κ3) is 2.91. The van der Waals surface area contributed by atoms with Gasteiger partial charge in [0.15, 0.2) is 0 Å². The van der Waals surface area contributed by atoms with E-state index in [1.54, 1.807) is 0 Å². The van der Waals surface area contributed by atoms with Gasteiger partial charge in [-0.1, -0.05) is 6.07 Å². The fourth-order valence-electron chi connectivity index (χ4n) is 3.56. The number of nitrogens with zero attached hydrogens (tertiary/aromatic N) is 1. The molecule has 6 nitrogen and oxygen atoms in total. The summed E-state index contributed by atoms with van der Waals surface area (Å²) < 4.78 is 33.7. The minimum atomic E-state index is -2.32. The molecule has 2 bridgehead atoms. The summed E-state index contributed by atoms with van der Waals surface area (Å²) in [5.41, 5.74) is 0.166. The van der Waals surface area contributed by atoms with Gasteiger partial charge in [0.2, 0.25) is 0 Å². The van der Waals surface area contributed by atoms with Gasteiger partial charge in [-0.05, 0) is 38.0 Å². The van der Waals surface area contributed by atoms with E-state index in [2.05, 4.69) is 0 Å². The zero-order valence-electron chi connectivity index (χ0n) is 15.8. The molecule has 2 aliphatic heterocycles. The highest BCUT2D eigenvalue weighted by atomic mass is 16.6. The van der Waals surface area contributed by atoms with Crippen molar-refractivity contribution in [1.82, 2.24) is 4.90 Å². The van der Waals surface area contributed by atoms with Gasteiger partial charge in [0, 0.05) is 22.6 Å². The second-order valence-corrected chi connectivity index (χ2v) is 5.98. The van der Waals surface area contributed by atoms with Crippen molar-refractivity contribution < 1.29 is 28.3 Å². The average molecular weight is 322 g/mol. The molecule has 0 unspecified atom stereocenters. The van der Waals surface area contributed by atoms with Crippen LogP contribution < -0.4 is 0 Å². The Labute approximate surface area is 139 Å². The number of hydrogen-bond acceptors (Lipinski definition) is 6. The first-order chi connectivity index (χ1) is 12.2. The SMILES string of the molecule is [2H]C([2H])([2H])N1[C@H]2CC[C@@H]1[C@@H](C(=O)OC)[C@@H](OC(=O)c1cccc(O)c1)C2. The normalized spacial score (nSPS) is 32.5. The van der Waals surface area contributed by atoms with E-state index in [0.717, 1.165) is 0 Å². The van der Waals surface area contributed by atoms with E-state index >= 15 is 0 Å². The standard InChI is InChI=1S/C17H21NO5/c1-18-11-6-7-13(18)15(17(21)22-2)14(9-11)23-16(20)10-4-3-5-12(19)8-10/h3-5,8,11,13-15,19H,6-7,9H2,1-2H3/t11-,13+,14-,15+/m0/s1/i1D3. The van der Waals surface area contributed by atoms with Crippen LogP contribution in [0.5, 0.6) is 5.75 Å². The van der Waals surface area contributed by atoms with Crippen LogP contribution in [0, 0.1) is 5.92 Å². The summed E-state index contributed by atoms with van der Waals surface area (Å²) in [6, 6.07) is 4.89. The van der Waals surface area contributed by atoms with Crippen LogP contribution in [-0.2, 0) is 14.3 Å². The minimum absolute atomic E-state index is 0.0683. The Hall–Kier alpha value is -2.08. The lowest BCUT2D eigenvalue weighted by Crippen LogP contribution is -2.53. The highest BCUT2D eigenvalue weighted by Crippen LogP contribution is 2.40. The van der Waals surface area contributed by atoms with Crippen LogP contribution in [0.15, 0.2) is 24.3 Å². The van der Waals surface area contributed by atoms with E-state index in [-0.39, 0.29) is 23.8 Å². The number of carbonyl (C=O) groups is 2. The molecule has 2 heterocycles. The maximum atomic E-state index is 12.4. The van der Waals surface area contributed by atoms with Crippen LogP contribution in [0.1, 0.15) is 33.7 Å². The Bertz CT molecular complexity index is 708. The molecule has 0 aromatic heterocycles. The molecular weight excluding hydrogens is 298 g/mol. The number of ether oxygens (including phenoxy) is 2. The Morgan fingerprint density at radius 1 is 1.39 bits per heavy atom. The van der Waals surface area contributed by atoms with E-state index < -0.39 is 37.0 Å². The smallest absolute Gasteiger partial charge is 0.338 e. The van der Waals surface area contributed by atoms with Gasteiger partial charge in [0.25, 0.3) is 0 Å². The molecule has 3 rings (SSSR count). The number of methoxy groups -OCH3 is 1. The molecule has 6 heteroatoms. The first-order valence-electron chi connectivity index (χ1n) is 9.08. The van der Waals surface area contributed by atoms with Gasteiger partial charge in [0.1, 0.15) is 17.8 Å². The van der Waals surface area contributed by atoms with E-state index in [4.69, 9.17) is 13.6 Å². The highest BCUT2D eigenvalue weighted by molar-refractivity contribution is 5.90. The van der Waals surface area contributed by atoms with Gasteiger partial charge in [-0.15, -0.1) is 0 Å². The van der Waals surface area contributed by atoms with Crippen LogP contribution in [0.3, 0.4) is 0 Å². The Morgan fingerprint density at radius 3 is 2.91 bits per heavy atom. The number of aromatic hydroxyl groups is 1. The van der Waals surface area contributed by atoms with Gasteiger partial charge in [-0.2, -0.15) is 0 Å². The second kappa shape index (κ2) is 6.20. The van der Waals surface area contributed by atoms with Crippen molar-refractivity contribution in [2.45, 2.75) is 37.5 Å². The van der Waals surface area contributed by atoms with Crippen molar-refractivity contribution in [2.24, 2.45) is 5.92 Å². The van der Waals surface area contributed by atoms with Crippen LogP contribution in [0.25, 0.3) is 0 Å². The maximum Gasteiger partial charge on any atom is 0.338 e. The van der Waals surface area contributed by atoms with Crippen molar-refractivity contribution in [1.29, 1.82) is 0 Å². The number of carbonyl (C=O) groups excluding carboxylic acids is 2. The van der Waals surface area contributed by atoms with Gasteiger partial charge in [-0.25, -0.2) is 4.79 Å². The topological polar surface area (TPSA) is 76.1 Å². The summed E-state index contributed by atoms with van der Waals surface area (Å²) in [6.45, 7) is -2.32. The van der Waals surface area contributed by atoms with Gasteiger partial charge >= 0.3 is 11.9 Å². The number of benzene rings is 1. The number of fused-ring (bicyclic) bond motifs is 2. The summed E-state index contributed by atoms with van der Waals surface area (Å²) in [6.07, 6.45) is 0.632. The van der Waals surface area contributed by atoms with E-state index in [1.165, 1.54) is 36.3 Å². The fourth-order valence-corrected chi connectivity index (χ4v) is 3.56. The van der Waals surface area contributed by atoms with Gasteiger partial charge < -0.3 is 14.6 Å². The molecule has 1 aromatic rings. The molecule has 4 atom stereocenters. The first kappa shape index (κ1) is 12.4. The third-order valence-corrected chi connectivity index (χ3v) is 4.68. The predicted octanol–water partition coefficient (Wildman–Crippen LogP) is 1.57. The molecule has 0 aliphatic carbocycles. The lowest BCUT2D eigenvalue weighted by molar-refractivity contribution is -0.156. The zero-order chi connectivity index (χ0) is 19.1. The fraction of sp³-hybridized carbons (Fsp3) is 0.529. The molecular formula is C17H21NO5. The largest absolute Gasteiger partial charge is 0.508 e. The molecule has 2 saturated heterocycles. The Kier molecular flexibility index (Phi) is 3.33. The second-order valence-electron chi connectivity index (χ2n) is 5.98. The third-order valence-electron chi connectivity index (χ3n) is 4.68. The molecule has 1 N–H and O–H groups in total. The van der Waals surface area contributed by atoms with Crippen molar-refractivity contribution in [3.8, 4) is 5.75 Å². The number of hydrogen-bond donors (Lipinski definition) is 1. The van der Waals surface area contributed by atoms with Crippen LogP contribution in [-0.4, -0.2) is 54.2 Å². The predicted molar refractivity (Wildman–Crippen MR) is 82.0 cm³/mol. The zero-order valence-corrected chi connectivity index (χ0v) is 12.8. The highest BCUT2D eigenvalue weighted by Gasteiger charge is 2.50. The molecule has 0 saturated carbocycles. The number of phenols is 1. The maximum absolute atomic E-state index is 12.4. The summed E-state index contributed by atoms with van der Waals surface area (Å²) in [5, 5.41) is 9.51. The number of phenolic OH excluding ortho intramolecular Hbond substituents is 1. The van der Waals surface area contributed by atoms with Crippen molar-refractivity contribution in [3.05, 3.63) is 29.8 Å². The molecule has 1 aromatic carbocycles. The summed E-state index contributed by atoms with van der Waals surface area (Å²) in [7, 11) is 1.23. The van der Waals surface area contributed by atoms with Crippen molar-refractivity contribution in [2.75, 3.05) is 14.1 Å².